The van der Waals surface area contributed by atoms with E-state index in [0.717, 1.165) is 10.8 Å². The van der Waals surface area contributed by atoms with Crippen LogP contribution in [-0.2, 0) is 0 Å². The molecule has 0 saturated heterocycles. The molecular weight excluding hydrogens is 224 g/mol. The molecule has 11 heavy (non-hydrogen) atoms. The van der Waals surface area contributed by atoms with Crippen molar-refractivity contribution >= 4 is 33.2 Å². The van der Waals surface area contributed by atoms with Gasteiger partial charge in [0, 0.05) is 5.75 Å². The summed E-state index contributed by atoms with van der Waals surface area (Å²) < 4.78 is 46.0. The summed E-state index contributed by atoms with van der Waals surface area (Å²) in [6, 6.07) is 0. The second-order valence-corrected chi connectivity index (χ2v) is 4.53. The Balaban J connectivity index is 3.15. The highest BCUT2D eigenvalue weighted by Crippen LogP contribution is 2.30. The monoisotopic (exact) mass is 228 g/mol. The first kappa shape index (κ1) is 11.7. The van der Waals surface area contributed by atoms with Crippen LogP contribution in [0.3, 0.4) is 0 Å². The van der Waals surface area contributed by atoms with E-state index < -0.39 is 17.6 Å². The molecule has 0 fully saturated rings. The first-order valence-electron chi connectivity index (χ1n) is 2.51. The van der Waals surface area contributed by atoms with Crippen molar-refractivity contribution in [1.82, 2.24) is 0 Å². The van der Waals surface area contributed by atoms with Crippen molar-refractivity contribution in [2.45, 2.75) is 11.8 Å². The summed E-state index contributed by atoms with van der Waals surface area (Å²) in [6.45, 7) is 0. The number of alkyl halides is 5. The van der Waals surface area contributed by atoms with Crippen LogP contribution in [0, 0.1) is 0 Å². The van der Waals surface area contributed by atoms with Gasteiger partial charge in [0.1, 0.15) is 0 Å². The zero-order valence-electron chi connectivity index (χ0n) is 5.20. The van der Waals surface area contributed by atoms with Gasteiger partial charge in [0.05, 0.1) is 5.75 Å². The van der Waals surface area contributed by atoms with E-state index in [1.807, 2.05) is 0 Å². The first-order valence-corrected chi connectivity index (χ1v) is 5.43. The Kier molecular flexibility index (Phi) is 5.72. The molecule has 1 unspecified atom stereocenters. The van der Waals surface area contributed by atoms with E-state index in [9.17, 15) is 17.6 Å². The highest BCUT2D eigenvalue weighted by molar-refractivity contribution is 8.76. The van der Waals surface area contributed by atoms with Crippen LogP contribution in [-0.4, -0.2) is 23.3 Å². The molecule has 0 aliphatic carbocycles. The molecule has 0 N–H and O–H groups in total. The van der Waals surface area contributed by atoms with Crippen molar-refractivity contribution < 1.29 is 17.6 Å². The van der Waals surface area contributed by atoms with E-state index in [4.69, 9.17) is 11.6 Å². The lowest BCUT2D eigenvalue weighted by molar-refractivity contribution is -0.104. The molecule has 7 heteroatoms. The molecule has 0 aromatic rings. The van der Waals surface area contributed by atoms with Gasteiger partial charge in [0.15, 0.2) is 5.63 Å². The lowest BCUT2D eigenvalue weighted by Gasteiger charge is -2.04. The summed E-state index contributed by atoms with van der Waals surface area (Å²) in [5.74, 6) is -1.09. The van der Waals surface area contributed by atoms with E-state index in [2.05, 4.69) is 0 Å². The molecule has 68 valence electrons. The van der Waals surface area contributed by atoms with Crippen LogP contribution in [0.15, 0.2) is 0 Å². The van der Waals surface area contributed by atoms with Crippen molar-refractivity contribution in [1.29, 1.82) is 0 Å². The van der Waals surface area contributed by atoms with Gasteiger partial charge in [-0.25, -0.2) is 4.39 Å². The van der Waals surface area contributed by atoms with E-state index >= 15 is 0 Å². The Labute approximate surface area is 74.4 Å². The Bertz CT molecular complexity index is 105. The largest absolute Gasteiger partial charge is 0.398 e. The number of hydrogen-bond donors (Lipinski definition) is 0. The summed E-state index contributed by atoms with van der Waals surface area (Å²) in [5.41, 5.74) is -1.57. The third kappa shape index (κ3) is 10.7. The Morgan fingerprint density at radius 1 is 1.27 bits per heavy atom. The van der Waals surface area contributed by atoms with Crippen LogP contribution in [0.5, 0.6) is 0 Å². The first-order chi connectivity index (χ1) is 4.92. The molecule has 0 aliphatic heterocycles. The molecule has 0 saturated carbocycles. The molecule has 0 aromatic heterocycles. The van der Waals surface area contributed by atoms with Crippen LogP contribution in [0.4, 0.5) is 17.6 Å². The van der Waals surface area contributed by atoms with Crippen LogP contribution in [0.2, 0.25) is 0 Å². The van der Waals surface area contributed by atoms with Crippen LogP contribution >= 0.6 is 33.2 Å². The minimum atomic E-state index is -4.18. The third-order valence-electron chi connectivity index (χ3n) is 0.500. The summed E-state index contributed by atoms with van der Waals surface area (Å²) >= 11 is 4.85. The number of hydrogen-bond acceptors (Lipinski definition) is 2. The van der Waals surface area contributed by atoms with Crippen molar-refractivity contribution in [2.24, 2.45) is 0 Å². The van der Waals surface area contributed by atoms with Gasteiger partial charge in [-0.05, 0) is 0 Å². The van der Waals surface area contributed by atoms with Crippen molar-refractivity contribution in [3.63, 3.8) is 0 Å². The van der Waals surface area contributed by atoms with Gasteiger partial charge < -0.3 is 0 Å². The predicted octanol–water partition coefficient (Wildman–Crippen LogP) is 3.46. The van der Waals surface area contributed by atoms with E-state index in [0.29, 0.717) is 10.8 Å². The molecule has 1 atom stereocenters. The zero-order valence-corrected chi connectivity index (χ0v) is 7.59. The van der Waals surface area contributed by atoms with Crippen molar-refractivity contribution in [2.75, 3.05) is 11.5 Å². The quantitative estimate of drug-likeness (QED) is 0.313. The summed E-state index contributed by atoms with van der Waals surface area (Å²) in [7, 11) is 1.33. The molecule has 0 heterocycles. The Morgan fingerprint density at radius 2 is 1.82 bits per heavy atom. The molecule has 0 aromatic carbocycles. The smallest absolute Gasteiger partial charge is 0.229 e. The fourth-order valence-electron chi connectivity index (χ4n) is 0.208. The fraction of sp³-hybridized carbons (Fsp3) is 1.00. The molecule has 0 rings (SSSR count). The normalized spacial score (nSPS) is 15.0. The molecule has 0 aliphatic rings. The van der Waals surface area contributed by atoms with Crippen LogP contribution in [0.25, 0.3) is 0 Å². The van der Waals surface area contributed by atoms with Gasteiger partial charge in [0.25, 0.3) is 0 Å². The van der Waals surface area contributed by atoms with Gasteiger partial charge >= 0.3 is 6.18 Å². The zero-order chi connectivity index (χ0) is 8.91. The maximum absolute atomic E-state index is 11.8. The highest BCUT2D eigenvalue weighted by atomic mass is 35.5. The summed E-state index contributed by atoms with van der Waals surface area (Å²) in [5, 5.41) is 0. The molecule has 0 radical (unpaired) electrons. The van der Waals surface area contributed by atoms with Crippen LogP contribution in [0.1, 0.15) is 0 Å². The minimum Gasteiger partial charge on any atom is -0.229 e. The topological polar surface area (TPSA) is 0 Å². The van der Waals surface area contributed by atoms with Crippen molar-refractivity contribution in [3.8, 4) is 0 Å². The van der Waals surface area contributed by atoms with E-state index in [-0.39, 0.29) is 5.75 Å². The summed E-state index contributed by atoms with van der Waals surface area (Å²) in [4.78, 5) is 0. The molecule has 0 spiro atoms. The van der Waals surface area contributed by atoms with Gasteiger partial charge in [-0.2, -0.15) is 13.2 Å². The summed E-state index contributed by atoms with van der Waals surface area (Å²) in [6.07, 6.45) is -4.18. The molecular formula is C4H5ClF4S2. The lowest BCUT2D eigenvalue weighted by Crippen LogP contribution is -2.09. The minimum absolute atomic E-state index is 0.123. The second kappa shape index (κ2) is 5.37. The molecule has 0 amide bonds. The second-order valence-electron chi connectivity index (χ2n) is 1.55. The lowest BCUT2D eigenvalue weighted by atomic mass is 10.8. The van der Waals surface area contributed by atoms with E-state index in [1.165, 1.54) is 0 Å². The average Bonchev–Trinajstić information content (AvgIpc) is 1.78. The number of halogens is 5. The molecule has 0 nitrogen and oxygen atoms in total. The SMILES string of the molecule is FC(Cl)CSSCC(F)(F)F. The highest BCUT2D eigenvalue weighted by Gasteiger charge is 2.27. The van der Waals surface area contributed by atoms with E-state index in [1.54, 1.807) is 0 Å². The number of rotatable bonds is 4. The predicted molar refractivity (Wildman–Crippen MR) is 41.7 cm³/mol. The third-order valence-corrected chi connectivity index (χ3v) is 3.14. The van der Waals surface area contributed by atoms with Gasteiger partial charge in [0.2, 0.25) is 0 Å². The Morgan fingerprint density at radius 3 is 2.18 bits per heavy atom. The van der Waals surface area contributed by atoms with Gasteiger partial charge in [-0.1, -0.05) is 33.2 Å². The average molecular weight is 229 g/mol. The standard InChI is InChI=1S/C4H5ClF4S2/c5-3(6)1-10-11-2-4(7,8)9/h3H,1-2H2. The maximum atomic E-state index is 11.8. The van der Waals surface area contributed by atoms with Crippen molar-refractivity contribution in [3.05, 3.63) is 0 Å². The fourth-order valence-corrected chi connectivity index (χ4v) is 2.34. The molecule has 0 bridgehead atoms. The Hall–Kier alpha value is 0.710. The van der Waals surface area contributed by atoms with Gasteiger partial charge in [-0.3, -0.25) is 0 Å². The van der Waals surface area contributed by atoms with Crippen LogP contribution < -0.4 is 0 Å². The maximum Gasteiger partial charge on any atom is 0.398 e. The van der Waals surface area contributed by atoms with Gasteiger partial charge in [-0.15, -0.1) is 0 Å².